The Hall–Kier alpha value is 0.470. The fourth-order valence-electron chi connectivity index (χ4n) is 0.263. The summed E-state index contributed by atoms with van der Waals surface area (Å²) in [5.74, 6) is -0.123. The predicted octanol–water partition coefficient (Wildman–Crippen LogP) is 0.311. The molecule has 44 valence electrons. The molecule has 0 saturated heterocycles. The summed E-state index contributed by atoms with van der Waals surface area (Å²) >= 11 is 0. The first-order valence-electron chi connectivity index (χ1n) is 2.46. The van der Waals surface area contributed by atoms with Crippen molar-refractivity contribution in [2.45, 2.75) is 20.3 Å². The zero-order valence-corrected chi connectivity index (χ0v) is 4.73. The van der Waals surface area contributed by atoms with E-state index in [1.807, 2.05) is 0 Å². The first kappa shape index (κ1) is 11.3. The van der Waals surface area contributed by atoms with Crippen LogP contribution in [0.4, 0.5) is 0 Å². The van der Waals surface area contributed by atoms with Crippen molar-refractivity contribution in [1.29, 1.82) is 0 Å². The van der Waals surface area contributed by atoms with Crippen LogP contribution in [0.2, 0.25) is 0 Å². The minimum atomic E-state index is -0.123. The second kappa shape index (κ2) is 7.47. The van der Waals surface area contributed by atoms with Crippen LogP contribution in [0.3, 0.4) is 0 Å². The van der Waals surface area contributed by atoms with E-state index in [0.717, 1.165) is 0 Å². The molecule has 0 aromatic carbocycles. The van der Waals surface area contributed by atoms with E-state index in [1.165, 1.54) is 0 Å². The van der Waals surface area contributed by atoms with Gasteiger partial charge in [0.25, 0.3) is 0 Å². The quantitative estimate of drug-likeness (QED) is 0.393. The average Bonchev–Trinajstić information content (AvgIpc) is 1.68. The van der Waals surface area contributed by atoms with Crippen molar-refractivity contribution in [2.24, 2.45) is 0 Å². The number of hydrogen-bond acceptors (Lipinski definition) is 2. The van der Waals surface area contributed by atoms with Gasteiger partial charge in [-0.3, -0.25) is 4.79 Å². The third kappa shape index (κ3) is 6.47. The maximum absolute atomic E-state index is 10.2. The number of hydrogen-bond donors (Lipinski definition) is 0. The van der Waals surface area contributed by atoms with Gasteiger partial charge in [-0.05, 0) is 6.92 Å². The SMILES string of the molecule is CCOC(=O)CC.[NaH]. The van der Waals surface area contributed by atoms with Gasteiger partial charge in [0, 0.05) is 6.42 Å². The fraction of sp³-hybridized carbons (Fsp3) is 0.800. The Morgan fingerprint density at radius 1 is 1.50 bits per heavy atom. The van der Waals surface area contributed by atoms with Gasteiger partial charge in [-0.25, -0.2) is 0 Å². The van der Waals surface area contributed by atoms with E-state index >= 15 is 0 Å². The van der Waals surface area contributed by atoms with Gasteiger partial charge < -0.3 is 4.74 Å². The second-order valence-electron chi connectivity index (χ2n) is 1.16. The van der Waals surface area contributed by atoms with Crippen LogP contribution in [0.1, 0.15) is 20.3 Å². The summed E-state index contributed by atoms with van der Waals surface area (Å²) in [6.07, 6.45) is 0.480. The number of carbonyl (C=O) groups excluding carboxylic acids is 1. The molecular formula is C5H11NaO2. The van der Waals surface area contributed by atoms with Crippen molar-refractivity contribution < 1.29 is 9.53 Å². The van der Waals surface area contributed by atoms with E-state index in [4.69, 9.17) is 0 Å². The van der Waals surface area contributed by atoms with E-state index in [2.05, 4.69) is 4.74 Å². The number of esters is 1. The Bertz CT molecular complexity index is 63.4. The summed E-state index contributed by atoms with van der Waals surface area (Å²) in [5.41, 5.74) is 0. The van der Waals surface area contributed by atoms with Gasteiger partial charge in [0.2, 0.25) is 0 Å². The summed E-state index contributed by atoms with van der Waals surface area (Å²) in [6.45, 7) is 4.07. The summed E-state index contributed by atoms with van der Waals surface area (Å²) in [7, 11) is 0. The molecule has 0 heterocycles. The van der Waals surface area contributed by atoms with E-state index in [-0.39, 0.29) is 35.5 Å². The Labute approximate surface area is 71.9 Å². The van der Waals surface area contributed by atoms with Crippen LogP contribution in [0.5, 0.6) is 0 Å². The van der Waals surface area contributed by atoms with Gasteiger partial charge in [-0.2, -0.15) is 0 Å². The molecule has 0 unspecified atom stereocenters. The summed E-state index contributed by atoms with van der Waals surface area (Å²) in [6, 6.07) is 0. The van der Waals surface area contributed by atoms with Crippen LogP contribution in [-0.4, -0.2) is 42.1 Å². The standard InChI is InChI=1S/C5H10O2.Na.H/c1-3-5(6)7-4-2;;/h3-4H2,1-2H3;;. The molecule has 0 spiro atoms. The average molecular weight is 126 g/mol. The third-order valence-corrected chi connectivity index (χ3v) is 0.594. The van der Waals surface area contributed by atoms with Crippen LogP contribution >= 0.6 is 0 Å². The van der Waals surface area contributed by atoms with Crippen LogP contribution in [0.25, 0.3) is 0 Å². The van der Waals surface area contributed by atoms with E-state index < -0.39 is 0 Å². The van der Waals surface area contributed by atoms with Crippen molar-refractivity contribution in [3.63, 3.8) is 0 Å². The van der Waals surface area contributed by atoms with Crippen LogP contribution in [-0.2, 0) is 9.53 Å². The van der Waals surface area contributed by atoms with Crippen molar-refractivity contribution in [3.05, 3.63) is 0 Å². The summed E-state index contributed by atoms with van der Waals surface area (Å²) in [5, 5.41) is 0. The molecule has 0 aromatic rings. The van der Waals surface area contributed by atoms with Crippen LogP contribution in [0, 0.1) is 0 Å². The van der Waals surface area contributed by atoms with Gasteiger partial charge in [-0.1, -0.05) is 6.92 Å². The molecule has 0 saturated carbocycles. The number of ether oxygens (including phenoxy) is 1. The molecule has 0 aliphatic rings. The molecule has 0 aliphatic carbocycles. The molecule has 0 atom stereocenters. The molecular weight excluding hydrogens is 115 g/mol. The Kier molecular flexibility index (Phi) is 10.5. The zero-order chi connectivity index (χ0) is 5.70. The number of rotatable bonds is 2. The van der Waals surface area contributed by atoms with Crippen molar-refractivity contribution >= 4 is 35.5 Å². The van der Waals surface area contributed by atoms with Crippen molar-refractivity contribution in [1.82, 2.24) is 0 Å². The van der Waals surface area contributed by atoms with Gasteiger partial charge >= 0.3 is 35.5 Å². The van der Waals surface area contributed by atoms with Gasteiger partial charge in [0.1, 0.15) is 0 Å². The molecule has 8 heavy (non-hydrogen) atoms. The van der Waals surface area contributed by atoms with E-state index in [9.17, 15) is 4.79 Å². The minimum absolute atomic E-state index is 0. The fourth-order valence-corrected chi connectivity index (χ4v) is 0.263. The molecule has 0 fully saturated rings. The topological polar surface area (TPSA) is 26.3 Å². The van der Waals surface area contributed by atoms with E-state index in [0.29, 0.717) is 13.0 Å². The maximum atomic E-state index is 10.2. The normalized spacial score (nSPS) is 7.25. The Balaban J connectivity index is 0. The number of carbonyl (C=O) groups is 1. The molecule has 2 nitrogen and oxygen atoms in total. The van der Waals surface area contributed by atoms with Gasteiger partial charge in [-0.15, -0.1) is 0 Å². The zero-order valence-electron chi connectivity index (χ0n) is 4.73. The van der Waals surface area contributed by atoms with Crippen molar-refractivity contribution in [2.75, 3.05) is 6.61 Å². The van der Waals surface area contributed by atoms with Crippen molar-refractivity contribution in [3.8, 4) is 0 Å². The Morgan fingerprint density at radius 2 is 2.00 bits per heavy atom. The van der Waals surface area contributed by atoms with Crippen LogP contribution < -0.4 is 0 Å². The first-order chi connectivity index (χ1) is 3.31. The molecule has 3 heteroatoms. The molecule has 0 bridgehead atoms. The monoisotopic (exact) mass is 126 g/mol. The summed E-state index contributed by atoms with van der Waals surface area (Å²) in [4.78, 5) is 10.2. The van der Waals surface area contributed by atoms with Crippen LogP contribution in [0.15, 0.2) is 0 Å². The molecule has 0 aliphatic heterocycles. The molecule has 0 aromatic heterocycles. The molecule has 0 N–H and O–H groups in total. The third-order valence-electron chi connectivity index (χ3n) is 0.594. The summed E-state index contributed by atoms with van der Waals surface area (Å²) < 4.78 is 4.55. The Morgan fingerprint density at radius 3 is 2.12 bits per heavy atom. The van der Waals surface area contributed by atoms with Gasteiger partial charge in [0.15, 0.2) is 0 Å². The predicted molar refractivity (Wildman–Crippen MR) is 34.1 cm³/mol. The molecule has 0 radical (unpaired) electrons. The van der Waals surface area contributed by atoms with E-state index in [1.54, 1.807) is 13.8 Å². The molecule has 0 rings (SSSR count). The molecule has 0 amide bonds. The second-order valence-corrected chi connectivity index (χ2v) is 1.16. The first-order valence-corrected chi connectivity index (χ1v) is 2.46. The van der Waals surface area contributed by atoms with Gasteiger partial charge in [0.05, 0.1) is 6.61 Å².